The quantitative estimate of drug-likeness (QED) is 0.102. The number of benzene rings is 4. The minimum absolute atomic E-state index is 0. The first-order valence-electron chi connectivity index (χ1n) is 20.5. The van der Waals surface area contributed by atoms with Gasteiger partial charge in [-0.05, 0) is 78.4 Å². The number of hydrogen-bond acceptors (Lipinski definition) is 11. The second-order valence-electron chi connectivity index (χ2n) is 15.3. The third-order valence-corrected chi connectivity index (χ3v) is 12.4. The van der Waals surface area contributed by atoms with Crippen LogP contribution in [0, 0.1) is 13.8 Å². The van der Waals surface area contributed by atoms with Gasteiger partial charge in [-0.3, -0.25) is 33.1 Å². The molecule has 0 spiro atoms. The van der Waals surface area contributed by atoms with E-state index in [0.29, 0.717) is 45.6 Å². The van der Waals surface area contributed by atoms with Gasteiger partial charge >= 0.3 is 23.3 Å². The summed E-state index contributed by atoms with van der Waals surface area (Å²) in [5.41, 5.74) is 9.40. The molecule has 372 valence electrons. The lowest BCUT2D eigenvalue weighted by molar-refractivity contribution is -0.143. The topological polar surface area (TPSA) is 213 Å². The summed E-state index contributed by atoms with van der Waals surface area (Å²) >= 11 is 28.7. The zero-order chi connectivity index (χ0) is 51.6. The van der Waals surface area contributed by atoms with Crippen LogP contribution in [0.1, 0.15) is 43.2 Å². The van der Waals surface area contributed by atoms with Crippen LogP contribution in [0.5, 0.6) is 0 Å². The van der Waals surface area contributed by atoms with E-state index in [1.54, 1.807) is 88.6 Å². The molecule has 2 heterocycles. The van der Waals surface area contributed by atoms with Crippen LogP contribution < -0.4 is 33.5 Å². The molecular formula is C48H48Cl6N6O10. The van der Waals surface area contributed by atoms with Crippen molar-refractivity contribution in [1.82, 2.24) is 23.6 Å². The Balaban J connectivity index is 0.000000311. The highest BCUT2D eigenvalue weighted by molar-refractivity contribution is 6.69. The number of amides is 1. The smallest absolute Gasteiger partial charge is 0.330 e. The minimum Gasteiger partial charge on any atom is -0.468 e. The average Bonchev–Trinajstić information content (AvgIpc) is 3.32. The summed E-state index contributed by atoms with van der Waals surface area (Å²) < 4.78 is 14.4. The van der Waals surface area contributed by atoms with Crippen molar-refractivity contribution in [2.24, 2.45) is 33.9 Å². The maximum Gasteiger partial charge on any atom is 0.330 e. The molecular weight excluding hydrogens is 1030 g/mol. The van der Waals surface area contributed by atoms with Gasteiger partial charge in [0.2, 0.25) is 0 Å². The number of nitrogens with one attached hydrogen (secondary N) is 1. The van der Waals surface area contributed by atoms with Crippen molar-refractivity contribution in [2.75, 3.05) is 14.2 Å². The Hall–Kier alpha value is -5.98. The van der Waals surface area contributed by atoms with Crippen molar-refractivity contribution >= 4 is 93.5 Å². The predicted molar refractivity (Wildman–Crippen MR) is 275 cm³/mol. The summed E-state index contributed by atoms with van der Waals surface area (Å²) in [6.45, 7) is 3.44. The number of esters is 2. The fraction of sp³-hybridized carbons (Fsp3) is 0.250. The van der Waals surface area contributed by atoms with Crippen LogP contribution >= 0.6 is 70.4 Å². The van der Waals surface area contributed by atoms with E-state index in [-0.39, 0.29) is 61.3 Å². The third-order valence-electron chi connectivity index (χ3n) is 10.9. The van der Waals surface area contributed by atoms with Gasteiger partial charge < -0.3 is 29.7 Å². The van der Waals surface area contributed by atoms with Gasteiger partial charge in [0, 0.05) is 46.0 Å². The summed E-state index contributed by atoms with van der Waals surface area (Å²) in [5.74, 6) is -1.71. The van der Waals surface area contributed by atoms with Crippen LogP contribution in [0.4, 0.5) is 0 Å². The molecule has 3 N–H and O–H groups in total. The maximum absolute atomic E-state index is 12.8. The SMILES string of the molecule is COC(=O)C(Cc1ccc(-c2c(C)n(C)c(=O)n(C)c2=O)cc1)NC(=O)c1c(Cl)cccc1Cl.COC(=O)C(N)Cc1ccc(-c2c(C)n(C)c(=O)n(C)c2=O)cc1.Cl.O=C(Cl)c1c(Cl)cccc1Cl. The molecule has 0 bridgehead atoms. The van der Waals surface area contributed by atoms with Gasteiger partial charge in [-0.2, -0.15) is 0 Å². The monoisotopic (exact) mass is 1080 g/mol. The molecule has 2 unspecified atom stereocenters. The van der Waals surface area contributed by atoms with Gasteiger partial charge in [0.15, 0.2) is 0 Å². The maximum atomic E-state index is 12.8. The highest BCUT2D eigenvalue weighted by Gasteiger charge is 2.25. The summed E-state index contributed by atoms with van der Waals surface area (Å²) in [6, 6.07) is 21.8. The number of rotatable bonds is 11. The first-order valence-corrected chi connectivity index (χ1v) is 22.4. The number of halogens is 6. The minimum atomic E-state index is -0.997. The largest absolute Gasteiger partial charge is 0.468 e. The number of hydrogen-bond donors (Lipinski definition) is 2. The number of ether oxygens (including phenoxy) is 2. The predicted octanol–water partition coefficient (Wildman–Crippen LogP) is 6.78. The molecule has 4 aromatic carbocycles. The van der Waals surface area contributed by atoms with E-state index in [4.69, 9.17) is 68.5 Å². The van der Waals surface area contributed by atoms with Gasteiger partial charge in [0.1, 0.15) is 12.1 Å². The van der Waals surface area contributed by atoms with Crippen molar-refractivity contribution in [3.8, 4) is 22.3 Å². The molecule has 1 amide bonds. The first kappa shape index (κ1) is 58.3. The number of nitrogens with two attached hydrogens (primary N) is 1. The molecule has 70 heavy (non-hydrogen) atoms. The zero-order valence-corrected chi connectivity index (χ0v) is 43.5. The number of nitrogens with zero attached hydrogens (tertiary/aromatic N) is 4. The van der Waals surface area contributed by atoms with E-state index in [1.165, 1.54) is 49.6 Å². The molecule has 16 nitrogen and oxygen atoms in total. The Morgan fingerprint density at radius 1 is 0.571 bits per heavy atom. The van der Waals surface area contributed by atoms with Crippen LogP contribution in [0.3, 0.4) is 0 Å². The van der Waals surface area contributed by atoms with Crippen LogP contribution in [0.15, 0.2) is 104 Å². The molecule has 0 aliphatic carbocycles. The van der Waals surface area contributed by atoms with Crippen LogP contribution in [-0.4, -0.2) is 67.7 Å². The fourth-order valence-electron chi connectivity index (χ4n) is 6.86. The van der Waals surface area contributed by atoms with Gasteiger partial charge in [-0.15, -0.1) is 12.4 Å². The normalized spacial score (nSPS) is 11.3. The van der Waals surface area contributed by atoms with E-state index in [0.717, 1.165) is 14.7 Å². The van der Waals surface area contributed by atoms with Crippen molar-refractivity contribution < 1.29 is 28.7 Å². The number of carbonyl (C=O) groups is 4. The van der Waals surface area contributed by atoms with Crippen molar-refractivity contribution in [1.29, 1.82) is 0 Å². The number of carbonyl (C=O) groups excluding carboxylic acids is 4. The van der Waals surface area contributed by atoms with E-state index in [2.05, 4.69) is 10.1 Å². The Bertz CT molecular complexity index is 3130. The highest BCUT2D eigenvalue weighted by Crippen LogP contribution is 2.27. The van der Waals surface area contributed by atoms with E-state index in [1.807, 2.05) is 12.1 Å². The number of methoxy groups -OCH3 is 2. The first-order chi connectivity index (χ1) is 32.5. The second-order valence-corrected chi connectivity index (χ2v) is 17.3. The van der Waals surface area contributed by atoms with Crippen molar-refractivity contribution in [3.05, 3.63) is 180 Å². The van der Waals surface area contributed by atoms with Gasteiger partial charge in [0.05, 0.1) is 56.6 Å². The Morgan fingerprint density at radius 2 is 0.929 bits per heavy atom. The van der Waals surface area contributed by atoms with Crippen molar-refractivity contribution in [2.45, 2.75) is 38.8 Å². The van der Waals surface area contributed by atoms with Crippen LogP contribution in [0.25, 0.3) is 22.3 Å². The fourth-order valence-corrected chi connectivity index (χ4v) is 8.30. The lowest BCUT2D eigenvalue weighted by Gasteiger charge is -2.18. The summed E-state index contributed by atoms with van der Waals surface area (Å²) in [7, 11) is 8.64. The summed E-state index contributed by atoms with van der Waals surface area (Å²) in [6.07, 6.45) is 0.474. The molecule has 0 aliphatic rings. The zero-order valence-electron chi connectivity index (χ0n) is 38.9. The van der Waals surface area contributed by atoms with Crippen LogP contribution in [0.2, 0.25) is 20.1 Å². The lowest BCUT2D eigenvalue weighted by Crippen LogP contribution is -2.43. The summed E-state index contributed by atoms with van der Waals surface area (Å²) in [5, 5.41) is 2.86. The number of aromatic nitrogens is 4. The molecule has 2 atom stereocenters. The third kappa shape index (κ3) is 13.7. The standard InChI is InChI=1S/C24H23Cl2N3O5.C17H21N3O4.C7H3Cl3O.ClH/c1-13-19(22(31)29(3)24(33)28(13)2)15-10-8-14(9-11-15)12-18(23(32)34-4)27-21(30)20-16(25)6-5-7-17(20)26;1-10-14(15(21)20(3)17(23)19(10)2)12-7-5-11(6-8-12)9-13(18)16(22)24-4;8-4-2-1-3-5(9)6(4)7(10)11;/h5-11,18H,12H2,1-4H3,(H,27,30);5-8,13H,9,18H2,1-4H3;1-3H;1H. The molecule has 2 aromatic heterocycles. The average molecular weight is 1080 g/mol. The van der Waals surface area contributed by atoms with E-state index < -0.39 is 46.4 Å². The molecule has 6 aromatic rings. The summed E-state index contributed by atoms with van der Waals surface area (Å²) in [4.78, 5) is 96.3. The molecule has 22 heteroatoms. The molecule has 0 fully saturated rings. The van der Waals surface area contributed by atoms with Gasteiger partial charge in [-0.1, -0.05) is 107 Å². The molecule has 6 rings (SSSR count). The Morgan fingerprint density at radius 3 is 1.27 bits per heavy atom. The van der Waals surface area contributed by atoms with Gasteiger partial charge in [0.25, 0.3) is 22.3 Å². The molecule has 0 saturated carbocycles. The molecule has 0 aliphatic heterocycles. The Kier molecular flexibility index (Phi) is 21.5. The van der Waals surface area contributed by atoms with Gasteiger partial charge in [-0.25, -0.2) is 14.4 Å². The van der Waals surface area contributed by atoms with Crippen molar-refractivity contribution in [3.63, 3.8) is 0 Å². The lowest BCUT2D eigenvalue weighted by atomic mass is 10.00. The van der Waals surface area contributed by atoms with E-state index >= 15 is 0 Å². The Labute approximate surface area is 432 Å². The molecule has 0 saturated heterocycles. The molecule has 0 radical (unpaired) electrons. The highest BCUT2D eigenvalue weighted by atomic mass is 35.5. The second kappa shape index (κ2) is 25.8. The van der Waals surface area contributed by atoms with Crippen LogP contribution in [-0.2, 0) is 60.1 Å². The van der Waals surface area contributed by atoms with E-state index in [9.17, 15) is 38.4 Å².